The summed E-state index contributed by atoms with van der Waals surface area (Å²) in [4.78, 5) is 50.3. The van der Waals surface area contributed by atoms with Gasteiger partial charge in [0, 0.05) is 51.2 Å². The minimum absolute atomic E-state index is 0.200. The van der Waals surface area contributed by atoms with Crippen LogP contribution in [-0.4, -0.2) is 48.7 Å². The zero-order valence-electron chi connectivity index (χ0n) is 26.1. The Balaban J connectivity index is 1.87. The van der Waals surface area contributed by atoms with E-state index in [1.54, 1.807) is 12.2 Å². The summed E-state index contributed by atoms with van der Waals surface area (Å²) in [5.41, 5.74) is 0.456. The third-order valence-corrected chi connectivity index (χ3v) is 9.42. The van der Waals surface area contributed by atoms with Crippen LogP contribution >= 0.6 is 0 Å². The smallest absolute Gasteiger partial charge is 0.331 e. The van der Waals surface area contributed by atoms with Gasteiger partial charge in [0.2, 0.25) is 12.6 Å². The van der Waals surface area contributed by atoms with Gasteiger partial charge in [-0.3, -0.25) is 19.1 Å². The minimum atomic E-state index is -1.20. The Labute approximate surface area is 258 Å². The van der Waals surface area contributed by atoms with Crippen LogP contribution in [0.3, 0.4) is 0 Å². The normalized spacial score (nSPS) is 32.4. The molecule has 0 amide bonds. The fraction of sp³-hybridized carbons (Fsp3) is 0.486. The molecule has 0 radical (unpaired) electrons. The fourth-order valence-electron chi connectivity index (χ4n) is 7.39. The van der Waals surface area contributed by atoms with Crippen LogP contribution in [0.25, 0.3) is 6.08 Å². The number of hydrogen-bond donors (Lipinski definition) is 0. The predicted molar refractivity (Wildman–Crippen MR) is 162 cm³/mol. The molecule has 2 fully saturated rings. The van der Waals surface area contributed by atoms with Crippen LogP contribution in [-0.2, 0) is 42.9 Å². The third-order valence-electron chi connectivity index (χ3n) is 9.42. The molecule has 236 valence electrons. The predicted octanol–water partition coefficient (Wildman–Crippen LogP) is 5.85. The molecule has 2 unspecified atom stereocenters. The van der Waals surface area contributed by atoms with Crippen molar-refractivity contribution in [2.24, 2.45) is 22.7 Å². The first kappa shape index (κ1) is 32.9. The Morgan fingerprint density at radius 2 is 1.64 bits per heavy atom. The van der Waals surface area contributed by atoms with Crippen LogP contribution in [0.15, 0.2) is 72.9 Å². The Bertz CT molecular complexity index is 1360. The zero-order valence-corrected chi connectivity index (χ0v) is 26.1. The van der Waals surface area contributed by atoms with E-state index in [1.165, 1.54) is 26.8 Å². The molecule has 4 rings (SSSR count). The molecule has 9 heteroatoms. The standard InChI is InChI=1S/C35H42O9/c1-8-21(2)18-19-34(7)22(3)29(40-23(4)36)20-35-27(32(41-24(5)37)44-33(35)42-25(6)38)15-16-28(31(34)35)43-30(39)17-14-26-12-10-9-11-13-26/h8-15,17,22,28-29,31-33H,1-2,16,18-20H2,3-7H3/b17-14+/t22-,28?,29?,31-,32-,33-,34+,35+/m1/s1. The average molecular weight is 607 g/mol. The van der Waals surface area contributed by atoms with Crippen molar-refractivity contribution < 1.29 is 42.9 Å². The summed E-state index contributed by atoms with van der Waals surface area (Å²) in [6.45, 7) is 16.0. The lowest BCUT2D eigenvalue weighted by atomic mass is 9.44. The van der Waals surface area contributed by atoms with Gasteiger partial charge in [-0.15, -0.1) is 0 Å². The van der Waals surface area contributed by atoms with Gasteiger partial charge in [-0.05, 0) is 35.8 Å². The van der Waals surface area contributed by atoms with E-state index in [0.29, 0.717) is 24.8 Å². The molecular formula is C35H42O9. The van der Waals surface area contributed by atoms with Crippen molar-refractivity contribution in [1.82, 2.24) is 0 Å². The molecule has 1 aliphatic heterocycles. The van der Waals surface area contributed by atoms with Gasteiger partial charge in [-0.1, -0.05) is 75.1 Å². The summed E-state index contributed by atoms with van der Waals surface area (Å²) in [7, 11) is 0. The van der Waals surface area contributed by atoms with E-state index in [2.05, 4.69) is 20.1 Å². The third kappa shape index (κ3) is 6.58. The van der Waals surface area contributed by atoms with E-state index in [9.17, 15) is 19.2 Å². The SMILES string of the molecule is C=CC(=C)CC[C@@]1(C)[C@H](C)C(OC(C)=O)C[C@]23C(=CCC(OC(=O)/C=C/c4ccccc4)[C@H]12)[C@H](OC(C)=O)O[C@H]3OC(C)=O. The molecule has 1 heterocycles. The molecule has 1 spiro atoms. The summed E-state index contributed by atoms with van der Waals surface area (Å²) < 4.78 is 29.8. The van der Waals surface area contributed by atoms with E-state index in [-0.39, 0.29) is 12.3 Å². The van der Waals surface area contributed by atoms with Crippen molar-refractivity contribution in [3.05, 3.63) is 78.4 Å². The molecule has 0 N–H and O–H groups in total. The molecule has 1 saturated heterocycles. The Morgan fingerprint density at radius 3 is 2.25 bits per heavy atom. The lowest BCUT2D eigenvalue weighted by Crippen LogP contribution is -2.64. The van der Waals surface area contributed by atoms with Crippen molar-refractivity contribution in [2.45, 2.75) is 85.1 Å². The highest BCUT2D eigenvalue weighted by atomic mass is 16.8. The second-order valence-electron chi connectivity index (χ2n) is 12.2. The van der Waals surface area contributed by atoms with Crippen LogP contribution in [0.2, 0.25) is 0 Å². The lowest BCUT2D eigenvalue weighted by Gasteiger charge is -2.61. The maximum atomic E-state index is 13.3. The number of benzene rings is 1. The van der Waals surface area contributed by atoms with Crippen LogP contribution in [0, 0.1) is 22.7 Å². The van der Waals surface area contributed by atoms with Gasteiger partial charge in [0.05, 0.1) is 5.41 Å². The fourth-order valence-corrected chi connectivity index (χ4v) is 7.39. The maximum absolute atomic E-state index is 13.3. The van der Waals surface area contributed by atoms with Crippen molar-refractivity contribution in [2.75, 3.05) is 0 Å². The molecular weight excluding hydrogens is 564 g/mol. The van der Waals surface area contributed by atoms with Crippen LogP contribution in [0.5, 0.6) is 0 Å². The quantitative estimate of drug-likeness (QED) is 0.106. The van der Waals surface area contributed by atoms with Crippen molar-refractivity contribution >= 4 is 30.0 Å². The molecule has 8 atom stereocenters. The van der Waals surface area contributed by atoms with Crippen molar-refractivity contribution in [3.8, 4) is 0 Å². The van der Waals surface area contributed by atoms with E-state index in [1.807, 2.05) is 43.3 Å². The first-order valence-electron chi connectivity index (χ1n) is 14.9. The number of rotatable bonds is 10. The summed E-state index contributed by atoms with van der Waals surface area (Å²) in [6.07, 6.45) is 4.65. The molecule has 1 saturated carbocycles. The monoisotopic (exact) mass is 606 g/mol. The molecule has 9 nitrogen and oxygen atoms in total. The second kappa shape index (κ2) is 13.3. The molecule has 1 aromatic carbocycles. The summed E-state index contributed by atoms with van der Waals surface area (Å²) in [6, 6.07) is 9.41. The number of carbonyl (C=O) groups is 4. The number of allylic oxidation sites excluding steroid dienone is 2. The van der Waals surface area contributed by atoms with Gasteiger partial charge in [-0.2, -0.15) is 0 Å². The summed E-state index contributed by atoms with van der Waals surface area (Å²) in [5.74, 6) is -2.86. The second-order valence-corrected chi connectivity index (χ2v) is 12.2. The Hall–Kier alpha value is -3.98. The molecule has 0 aromatic heterocycles. The summed E-state index contributed by atoms with van der Waals surface area (Å²) in [5, 5.41) is 0. The highest BCUT2D eigenvalue weighted by Crippen LogP contribution is 2.68. The van der Waals surface area contributed by atoms with Crippen molar-refractivity contribution in [1.29, 1.82) is 0 Å². The molecule has 0 bridgehead atoms. The van der Waals surface area contributed by atoms with Gasteiger partial charge in [0.1, 0.15) is 12.2 Å². The maximum Gasteiger partial charge on any atom is 0.331 e. The largest absolute Gasteiger partial charge is 0.462 e. The van der Waals surface area contributed by atoms with Crippen LogP contribution < -0.4 is 0 Å². The molecule has 3 aliphatic rings. The van der Waals surface area contributed by atoms with Gasteiger partial charge in [-0.25, -0.2) is 4.79 Å². The average Bonchev–Trinajstić information content (AvgIpc) is 3.23. The van der Waals surface area contributed by atoms with Gasteiger partial charge in [0.25, 0.3) is 0 Å². The van der Waals surface area contributed by atoms with Gasteiger partial charge >= 0.3 is 23.9 Å². The van der Waals surface area contributed by atoms with Crippen LogP contribution in [0.1, 0.15) is 65.9 Å². The molecule has 44 heavy (non-hydrogen) atoms. The number of esters is 4. The number of ether oxygens (including phenoxy) is 5. The minimum Gasteiger partial charge on any atom is -0.462 e. The zero-order chi connectivity index (χ0) is 32.2. The number of hydrogen-bond acceptors (Lipinski definition) is 9. The highest BCUT2D eigenvalue weighted by molar-refractivity contribution is 5.87. The van der Waals surface area contributed by atoms with Crippen molar-refractivity contribution in [3.63, 3.8) is 0 Å². The Morgan fingerprint density at radius 1 is 0.977 bits per heavy atom. The first-order chi connectivity index (χ1) is 20.8. The Kier molecular flexibility index (Phi) is 9.98. The first-order valence-corrected chi connectivity index (χ1v) is 14.9. The number of carbonyl (C=O) groups excluding carboxylic acids is 4. The van der Waals surface area contributed by atoms with E-state index in [0.717, 1.165) is 11.1 Å². The van der Waals surface area contributed by atoms with E-state index in [4.69, 9.17) is 23.7 Å². The van der Waals surface area contributed by atoms with Gasteiger partial charge in [0.15, 0.2) is 0 Å². The van der Waals surface area contributed by atoms with E-state index >= 15 is 0 Å². The molecule has 2 aliphatic carbocycles. The molecule has 1 aromatic rings. The topological polar surface area (TPSA) is 114 Å². The highest BCUT2D eigenvalue weighted by Gasteiger charge is 2.71. The van der Waals surface area contributed by atoms with Gasteiger partial charge < -0.3 is 18.9 Å². The van der Waals surface area contributed by atoms with Crippen LogP contribution in [0.4, 0.5) is 0 Å². The summed E-state index contributed by atoms with van der Waals surface area (Å²) >= 11 is 0. The lowest BCUT2D eigenvalue weighted by molar-refractivity contribution is -0.256. The van der Waals surface area contributed by atoms with E-state index < -0.39 is 65.4 Å².